The molecule has 0 fully saturated rings. The molecule has 0 bridgehead atoms. The van der Waals surface area contributed by atoms with Gasteiger partial charge in [-0.1, -0.05) is 12.1 Å². The number of para-hydroxylation sites is 1. The first-order chi connectivity index (χ1) is 10.7. The fraction of sp³-hybridized carbons (Fsp3) is 0.294. The molecule has 0 atom stereocenters. The SMILES string of the molecule is CCN(CC)C(=O)c1ccc(COc2ccccc2C#N)o1. The zero-order valence-corrected chi connectivity index (χ0v) is 12.7. The van der Waals surface area contributed by atoms with Crippen molar-refractivity contribution in [2.75, 3.05) is 13.1 Å². The van der Waals surface area contributed by atoms with E-state index in [1.807, 2.05) is 13.8 Å². The van der Waals surface area contributed by atoms with Crippen LogP contribution < -0.4 is 4.74 Å². The van der Waals surface area contributed by atoms with E-state index in [9.17, 15) is 4.79 Å². The molecule has 2 rings (SSSR count). The van der Waals surface area contributed by atoms with E-state index in [0.717, 1.165) is 0 Å². The smallest absolute Gasteiger partial charge is 0.289 e. The van der Waals surface area contributed by atoms with Crippen LogP contribution in [-0.4, -0.2) is 23.9 Å². The van der Waals surface area contributed by atoms with E-state index in [0.29, 0.717) is 35.9 Å². The topological polar surface area (TPSA) is 66.5 Å². The second-order valence-electron chi connectivity index (χ2n) is 4.64. The first kappa shape index (κ1) is 15.6. The molecule has 0 spiro atoms. The Balaban J connectivity index is 2.04. The van der Waals surface area contributed by atoms with Crippen LogP contribution in [0.15, 0.2) is 40.8 Å². The van der Waals surface area contributed by atoms with Crippen LogP contribution in [0, 0.1) is 11.3 Å². The van der Waals surface area contributed by atoms with Gasteiger partial charge in [-0.2, -0.15) is 5.26 Å². The second-order valence-corrected chi connectivity index (χ2v) is 4.64. The maximum Gasteiger partial charge on any atom is 0.289 e. The van der Waals surface area contributed by atoms with Crippen LogP contribution in [-0.2, 0) is 6.61 Å². The Labute approximate surface area is 129 Å². The van der Waals surface area contributed by atoms with Crippen LogP contribution in [0.4, 0.5) is 0 Å². The highest BCUT2D eigenvalue weighted by Gasteiger charge is 2.16. The highest BCUT2D eigenvalue weighted by Crippen LogP contribution is 2.19. The van der Waals surface area contributed by atoms with E-state index in [2.05, 4.69) is 6.07 Å². The van der Waals surface area contributed by atoms with E-state index in [4.69, 9.17) is 14.4 Å². The van der Waals surface area contributed by atoms with Crippen molar-refractivity contribution in [2.24, 2.45) is 0 Å². The Hall–Kier alpha value is -2.74. The molecular weight excluding hydrogens is 280 g/mol. The summed E-state index contributed by atoms with van der Waals surface area (Å²) in [5.41, 5.74) is 0.466. The summed E-state index contributed by atoms with van der Waals surface area (Å²) in [6.45, 7) is 5.29. The highest BCUT2D eigenvalue weighted by molar-refractivity contribution is 5.91. The van der Waals surface area contributed by atoms with Gasteiger partial charge in [-0.25, -0.2) is 0 Å². The maximum atomic E-state index is 12.1. The van der Waals surface area contributed by atoms with E-state index in [-0.39, 0.29) is 12.5 Å². The minimum atomic E-state index is -0.131. The number of carbonyl (C=O) groups is 1. The minimum Gasteiger partial charge on any atom is -0.484 e. The fourth-order valence-corrected chi connectivity index (χ4v) is 2.07. The number of carbonyl (C=O) groups excluding carboxylic acids is 1. The standard InChI is InChI=1S/C17H18N2O3/c1-3-19(4-2)17(20)16-10-9-14(22-16)12-21-15-8-6-5-7-13(15)11-18/h5-10H,3-4,12H2,1-2H3. The number of nitriles is 1. The monoisotopic (exact) mass is 298 g/mol. The van der Waals surface area contributed by atoms with Crippen molar-refractivity contribution < 1.29 is 13.9 Å². The molecule has 1 aromatic heterocycles. The van der Waals surface area contributed by atoms with Crippen molar-refractivity contribution in [3.63, 3.8) is 0 Å². The summed E-state index contributed by atoms with van der Waals surface area (Å²) in [7, 11) is 0. The lowest BCUT2D eigenvalue weighted by molar-refractivity contribution is 0.0737. The van der Waals surface area contributed by atoms with Gasteiger partial charge in [0, 0.05) is 13.1 Å². The highest BCUT2D eigenvalue weighted by atomic mass is 16.5. The molecule has 0 aliphatic rings. The number of rotatable bonds is 6. The van der Waals surface area contributed by atoms with Crippen LogP contribution >= 0.6 is 0 Å². The Morgan fingerprint density at radius 2 is 1.95 bits per heavy atom. The number of hydrogen-bond donors (Lipinski definition) is 0. The third kappa shape index (κ3) is 3.47. The Morgan fingerprint density at radius 3 is 2.64 bits per heavy atom. The number of furan rings is 1. The van der Waals surface area contributed by atoms with Gasteiger partial charge >= 0.3 is 0 Å². The number of nitrogens with zero attached hydrogens (tertiary/aromatic N) is 2. The molecule has 0 N–H and O–H groups in total. The largest absolute Gasteiger partial charge is 0.484 e. The molecule has 0 aliphatic carbocycles. The number of ether oxygens (including phenoxy) is 1. The molecule has 5 heteroatoms. The zero-order chi connectivity index (χ0) is 15.9. The average Bonchev–Trinajstić information content (AvgIpc) is 3.03. The molecule has 0 saturated carbocycles. The lowest BCUT2D eigenvalue weighted by Crippen LogP contribution is -2.30. The predicted octanol–water partition coefficient (Wildman–Crippen LogP) is 3.21. The molecule has 0 saturated heterocycles. The van der Waals surface area contributed by atoms with Crippen molar-refractivity contribution in [1.82, 2.24) is 4.90 Å². The van der Waals surface area contributed by atoms with Crippen LogP contribution in [0.5, 0.6) is 5.75 Å². The third-order valence-corrected chi connectivity index (χ3v) is 3.30. The van der Waals surface area contributed by atoms with E-state index in [1.165, 1.54) is 0 Å². The first-order valence-corrected chi connectivity index (χ1v) is 7.19. The summed E-state index contributed by atoms with van der Waals surface area (Å²) in [6, 6.07) is 12.4. The van der Waals surface area contributed by atoms with Crippen LogP contribution in [0.25, 0.3) is 0 Å². The zero-order valence-electron chi connectivity index (χ0n) is 12.7. The molecule has 0 radical (unpaired) electrons. The van der Waals surface area contributed by atoms with Crippen molar-refractivity contribution in [3.05, 3.63) is 53.5 Å². The summed E-state index contributed by atoms with van der Waals surface area (Å²) < 4.78 is 11.1. The second kappa shape index (κ2) is 7.32. The quantitative estimate of drug-likeness (QED) is 0.821. The molecule has 1 heterocycles. The maximum absolute atomic E-state index is 12.1. The molecule has 1 aromatic carbocycles. The Kier molecular flexibility index (Phi) is 5.21. The fourth-order valence-electron chi connectivity index (χ4n) is 2.07. The van der Waals surface area contributed by atoms with Crippen LogP contribution in [0.2, 0.25) is 0 Å². The van der Waals surface area contributed by atoms with Crippen molar-refractivity contribution in [2.45, 2.75) is 20.5 Å². The third-order valence-electron chi connectivity index (χ3n) is 3.30. The van der Waals surface area contributed by atoms with E-state index < -0.39 is 0 Å². The molecular formula is C17H18N2O3. The molecule has 22 heavy (non-hydrogen) atoms. The van der Waals surface area contributed by atoms with Gasteiger partial charge < -0.3 is 14.1 Å². The predicted molar refractivity (Wildman–Crippen MR) is 81.4 cm³/mol. The van der Waals surface area contributed by atoms with E-state index in [1.54, 1.807) is 41.3 Å². The Bertz CT molecular complexity index is 681. The molecule has 1 amide bonds. The number of benzene rings is 1. The molecule has 0 unspecified atom stereocenters. The van der Waals surface area contributed by atoms with Gasteiger partial charge in [0.1, 0.15) is 24.2 Å². The summed E-state index contributed by atoms with van der Waals surface area (Å²) in [4.78, 5) is 13.8. The summed E-state index contributed by atoms with van der Waals surface area (Å²) in [6.07, 6.45) is 0. The van der Waals surface area contributed by atoms with Crippen LogP contribution in [0.3, 0.4) is 0 Å². The molecule has 5 nitrogen and oxygen atoms in total. The van der Waals surface area contributed by atoms with Gasteiger partial charge in [0.15, 0.2) is 5.76 Å². The summed E-state index contributed by atoms with van der Waals surface area (Å²) in [5.74, 6) is 1.21. The molecule has 2 aromatic rings. The average molecular weight is 298 g/mol. The normalized spacial score (nSPS) is 10.0. The van der Waals surface area contributed by atoms with Gasteiger partial charge in [0.2, 0.25) is 0 Å². The van der Waals surface area contributed by atoms with Crippen LogP contribution in [0.1, 0.15) is 35.7 Å². The first-order valence-electron chi connectivity index (χ1n) is 7.19. The van der Waals surface area contributed by atoms with Gasteiger partial charge in [-0.3, -0.25) is 4.79 Å². The summed E-state index contributed by atoms with van der Waals surface area (Å²) >= 11 is 0. The number of amides is 1. The van der Waals surface area contributed by atoms with Gasteiger partial charge in [0.05, 0.1) is 5.56 Å². The molecule has 0 aliphatic heterocycles. The molecule has 114 valence electrons. The van der Waals surface area contributed by atoms with Crippen molar-refractivity contribution in [1.29, 1.82) is 5.26 Å². The van der Waals surface area contributed by atoms with Gasteiger partial charge in [-0.15, -0.1) is 0 Å². The lowest BCUT2D eigenvalue weighted by Gasteiger charge is -2.16. The lowest BCUT2D eigenvalue weighted by atomic mass is 10.2. The van der Waals surface area contributed by atoms with Gasteiger partial charge in [-0.05, 0) is 38.1 Å². The van der Waals surface area contributed by atoms with E-state index >= 15 is 0 Å². The van der Waals surface area contributed by atoms with Crippen molar-refractivity contribution in [3.8, 4) is 11.8 Å². The van der Waals surface area contributed by atoms with Gasteiger partial charge in [0.25, 0.3) is 5.91 Å². The van der Waals surface area contributed by atoms with Crippen molar-refractivity contribution >= 4 is 5.91 Å². The number of hydrogen-bond acceptors (Lipinski definition) is 4. The Morgan fingerprint density at radius 1 is 1.23 bits per heavy atom. The summed E-state index contributed by atoms with van der Waals surface area (Å²) in [5, 5.41) is 9.00. The minimum absolute atomic E-state index is 0.131.